The van der Waals surface area contributed by atoms with Crippen molar-refractivity contribution >= 4 is 16.5 Å². The molecule has 1 unspecified atom stereocenters. The van der Waals surface area contributed by atoms with Crippen molar-refractivity contribution in [3.05, 3.63) is 77.9 Å². The number of fused-ring (bicyclic) bond motifs is 1. The van der Waals surface area contributed by atoms with E-state index >= 15 is 0 Å². The molecule has 0 heterocycles. The van der Waals surface area contributed by atoms with Crippen LogP contribution in [0.2, 0.25) is 0 Å². The molecule has 3 rings (SSSR count). The lowest BCUT2D eigenvalue weighted by Gasteiger charge is -2.17. The second-order valence-electron chi connectivity index (χ2n) is 5.07. The van der Waals surface area contributed by atoms with Gasteiger partial charge in [0.2, 0.25) is 0 Å². The lowest BCUT2D eigenvalue weighted by atomic mass is 10.0. The van der Waals surface area contributed by atoms with Crippen LogP contribution in [0.1, 0.15) is 18.5 Å². The van der Waals surface area contributed by atoms with Crippen LogP contribution in [-0.4, -0.2) is 0 Å². The minimum atomic E-state index is -0.842. The van der Waals surface area contributed by atoms with E-state index in [2.05, 4.69) is 11.4 Å². The van der Waals surface area contributed by atoms with E-state index in [1.165, 1.54) is 12.1 Å². The molecule has 1 nitrogen and oxygen atoms in total. The molecule has 0 aromatic heterocycles. The first-order valence-electron chi connectivity index (χ1n) is 6.84. The van der Waals surface area contributed by atoms with Gasteiger partial charge in [-0.15, -0.1) is 0 Å². The van der Waals surface area contributed by atoms with Crippen molar-refractivity contribution < 1.29 is 8.78 Å². The summed E-state index contributed by atoms with van der Waals surface area (Å²) in [6.07, 6.45) is 0. The lowest BCUT2D eigenvalue weighted by molar-refractivity contribution is 0.510. The standard InChI is InChI=1S/C18H15F2N/c1-12(21-17-8-4-7-16(19)18(17)20)14-10-9-13-5-2-3-6-15(13)11-14/h2-12,21H,1H3. The minimum Gasteiger partial charge on any atom is -0.376 e. The Balaban J connectivity index is 1.89. The minimum absolute atomic E-state index is 0.120. The molecule has 3 heteroatoms. The van der Waals surface area contributed by atoms with Crippen molar-refractivity contribution in [2.45, 2.75) is 13.0 Å². The predicted octanol–water partition coefficient (Wildman–Crippen LogP) is 5.29. The average Bonchev–Trinajstić information content (AvgIpc) is 2.51. The molecule has 0 saturated carbocycles. The Bertz CT molecular complexity index is 783. The molecule has 3 aromatic carbocycles. The molecule has 0 saturated heterocycles. The van der Waals surface area contributed by atoms with Gasteiger partial charge in [-0.05, 0) is 41.5 Å². The van der Waals surface area contributed by atoms with Gasteiger partial charge in [0.25, 0.3) is 0 Å². The van der Waals surface area contributed by atoms with Gasteiger partial charge in [0.15, 0.2) is 11.6 Å². The normalized spacial score (nSPS) is 12.3. The molecule has 21 heavy (non-hydrogen) atoms. The maximum atomic E-state index is 13.7. The highest BCUT2D eigenvalue weighted by Gasteiger charge is 2.11. The highest BCUT2D eigenvalue weighted by atomic mass is 19.2. The summed E-state index contributed by atoms with van der Waals surface area (Å²) in [6.45, 7) is 1.93. The summed E-state index contributed by atoms with van der Waals surface area (Å²) in [6, 6.07) is 18.2. The van der Waals surface area contributed by atoms with Crippen molar-refractivity contribution in [2.75, 3.05) is 5.32 Å². The van der Waals surface area contributed by atoms with Crippen molar-refractivity contribution in [3.8, 4) is 0 Å². The fraction of sp³-hybridized carbons (Fsp3) is 0.111. The van der Waals surface area contributed by atoms with Crippen LogP contribution in [0.3, 0.4) is 0 Å². The van der Waals surface area contributed by atoms with Gasteiger partial charge in [0.1, 0.15) is 0 Å². The number of nitrogens with one attached hydrogen (secondary N) is 1. The smallest absolute Gasteiger partial charge is 0.181 e. The first-order valence-corrected chi connectivity index (χ1v) is 6.84. The van der Waals surface area contributed by atoms with Gasteiger partial charge in [0, 0.05) is 6.04 Å². The molecule has 1 atom stereocenters. The molecule has 0 aliphatic rings. The Morgan fingerprint density at radius 3 is 2.43 bits per heavy atom. The number of anilines is 1. The van der Waals surface area contributed by atoms with Crippen molar-refractivity contribution in [2.24, 2.45) is 0 Å². The summed E-state index contributed by atoms with van der Waals surface area (Å²) < 4.78 is 26.9. The number of benzene rings is 3. The third kappa shape index (κ3) is 2.72. The van der Waals surface area contributed by atoms with Crippen LogP contribution in [-0.2, 0) is 0 Å². The SMILES string of the molecule is CC(Nc1cccc(F)c1F)c1ccc2ccccc2c1. The number of hydrogen-bond donors (Lipinski definition) is 1. The number of halogens is 2. The van der Waals surface area contributed by atoms with E-state index in [-0.39, 0.29) is 11.7 Å². The lowest BCUT2D eigenvalue weighted by Crippen LogP contribution is -2.08. The van der Waals surface area contributed by atoms with E-state index in [4.69, 9.17) is 0 Å². The molecule has 3 aromatic rings. The summed E-state index contributed by atoms with van der Waals surface area (Å²) >= 11 is 0. The van der Waals surface area contributed by atoms with Crippen molar-refractivity contribution in [1.29, 1.82) is 0 Å². The van der Waals surface area contributed by atoms with E-state index in [9.17, 15) is 8.78 Å². The molecule has 0 radical (unpaired) electrons. The highest BCUT2D eigenvalue weighted by Crippen LogP contribution is 2.25. The maximum Gasteiger partial charge on any atom is 0.181 e. The van der Waals surface area contributed by atoms with Crippen LogP contribution in [0.15, 0.2) is 60.7 Å². The molecule has 0 amide bonds. The van der Waals surface area contributed by atoms with E-state index in [0.29, 0.717) is 0 Å². The van der Waals surface area contributed by atoms with Crippen LogP contribution in [0, 0.1) is 11.6 Å². The monoisotopic (exact) mass is 283 g/mol. The van der Waals surface area contributed by atoms with Crippen LogP contribution < -0.4 is 5.32 Å². The Hall–Kier alpha value is -2.42. The van der Waals surface area contributed by atoms with Crippen molar-refractivity contribution in [1.82, 2.24) is 0 Å². The molecule has 0 bridgehead atoms. The topological polar surface area (TPSA) is 12.0 Å². The third-order valence-corrected chi connectivity index (χ3v) is 3.60. The molecule has 0 aliphatic carbocycles. The Morgan fingerprint density at radius 1 is 0.857 bits per heavy atom. The zero-order chi connectivity index (χ0) is 14.8. The van der Waals surface area contributed by atoms with Crippen molar-refractivity contribution in [3.63, 3.8) is 0 Å². The van der Waals surface area contributed by atoms with Gasteiger partial charge < -0.3 is 5.32 Å². The summed E-state index contributed by atoms with van der Waals surface area (Å²) in [7, 11) is 0. The Labute approximate surface area is 122 Å². The fourth-order valence-corrected chi connectivity index (χ4v) is 2.41. The second kappa shape index (κ2) is 5.52. The third-order valence-electron chi connectivity index (χ3n) is 3.60. The van der Waals surface area contributed by atoms with E-state index in [1.807, 2.05) is 43.3 Å². The zero-order valence-corrected chi connectivity index (χ0v) is 11.6. The van der Waals surface area contributed by atoms with Gasteiger partial charge in [-0.3, -0.25) is 0 Å². The molecule has 0 spiro atoms. The van der Waals surface area contributed by atoms with E-state index in [0.717, 1.165) is 22.4 Å². The number of rotatable bonds is 3. The quantitative estimate of drug-likeness (QED) is 0.688. The molecular formula is C18H15F2N. The van der Waals surface area contributed by atoms with Crippen LogP contribution >= 0.6 is 0 Å². The molecular weight excluding hydrogens is 268 g/mol. The molecule has 0 aliphatic heterocycles. The highest BCUT2D eigenvalue weighted by molar-refractivity contribution is 5.83. The van der Waals surface area contributed by atoms with Crippen LogP contribution in [0.5, 0.6) is 0 Å². The zero-order valence-electron chi connectivity index (χ0n) is 11.6. The average molecular weight is 283 g/mol. The summed E-state index contributed by atoms with van der Waals surface area (Å²) in [4.78, 5) is 0. The second-order valence-corrected chi connectivity index (χ2v) is 5.07. The van der Waals surface area contributed by atoms with Gasteiger partial charge in [-0.1, -0.05) is 42.5 Å². The predicted molar refractivity (Wildman–Crippen MR) is 82.3 cm³/mol. The van der Waals surface area contributed by atoms with Gasteiger partial charge in [-0.25, -0.2) is 8.78 Å². The van der Waals surface area contributed by atoms with Gasteiger partial charge >= 0.3 is 0 Å². The van der Waals surface area contributed by atoms with E-state index in [1.54, 1.807) is 0 Å². The molecule has 1 N–H and O–H groups in total. The Kier molecular flexibility index (Phi) is 3.57. The first kappa shape index (κ1) is 13.6. The molecule has 106 valence electrons. The van der Waals surface area contributed by atoms with E-state index < -0.39 is 11.6 Å². The maximum absolute atomic E-state index is 13.7. The fourth-order valence-electron chi connectivity index (χ4n) is 2.41. The van der Waals surface area contributed by atoms with Crippen LogP contribution in [0.25, 0.3) is 10.8 Å². The summed E-state index contributed by atoms with van der Waals surface area (Å²) in [5.41, 5.74) is 1.20. The summed E-state index contributed by atoms with van der Waals surface area (Å²) in [5, 5.41) is 5.30. The molecule has 0 fully saturated rings. The number of hydrogen-bond acceptors (Lipinski definition) is 1. The van der Waals surface area contributed by atoms with Gasteiger partial charge in [0.05, 0.1) is 5.69 Å². The summed E-state index contributed by atoms with van der Waals surface area (Å²) in [5.74, 6) is -1.68. The largest absolute Gasteiger partial charge is 0.376 e. The van der Waals surface area contributed by atoms with Crippen LogP contribution in [0.4, 0.5) is 14.5 Å². The first-order chi connectivity index (χ1) is 10.1. The van der Waals surface area contributed by atoms with Gasteiger partial charge in [-0.2, -0.15) is 0 Å². The Morgan fingerprint density at radius 2 is 1.62 bits per heavy atom.